The number of benzene rings is 2. The Morgan fingerprint density at radius 3 is 2.55 bits per heavy atom. The van der Waals surface area contributed by atoms with E-state index >= 15 is 0 Å². The van der Waals surface area contributed by atoms with Gasteiger partial charge in [-0.05, 0) is 79.0 Å². The van der Waals surface area contributed by atoms with E-state index in [-0.39, 0.29) is 56.5 Å². The molecule has 1 fully saturated rings. The maximum Gasteiger partial charge on any atom is 0.317 e. The van der Waals surface area contributed by atoms with E-state index in [4.69, 9.17) is 19.0 Å². The third-order valence-electron chi connectivity index (χ3n) is 10.1. The Morgan fingerprint density at radius 1 is 1.04 bits per heavy atom. The van der Waals surface area contributed by atoms with Crippen molar-refractivity contribution >= 4 is 11.7 Å². The van der Waals surface area contributed by atoms with Gasteiger partial charge in [-0.25, -0.2) is 4.79 Å². The minimum atomic E-state index is -1.83. The number of nitrogens with zero attached hydrogens (tertiary/aromatic N) is 2. The van der Waals surface area contributed by atoms with E-state index in [1.807, 2.05) is 12.1 Å². The quantitative estimate of drug-likeness (QED) is 0.169. The number of allylic oxidation sites excluding steroid dienone is 1. The molecule has 1 saturated carbocycles. The number of rotatable bonds is 12. The van der Waals surface area contributed by atoms with E-state index in [9.17, 15) is 25.2 Å². The van der Waals surface area contributed by atoms with Gasteiger partial charge in [0.05, 0.1) is 11.6 Å². The van der Waals surface area contributed by atoms with E-state index in [1.54, 1.807) is 31.3 Å². The number of urea groups is 1. The summed E-state index contributed by atoms with van der Waals surface area (Å²) in [5.41, 5.74) is 3.06. The number of phenolic OH excluding ortho intramolecular Hbond substituents is 1. The van der Waals surface area contributed by atoms with Gasteiger partial charge in [0.15, 0.2) is 11.5 Å². The first-order chi connectivity index (χ1) is 22.8. The summed E-state index contributed by atoms with van der Waals surface area (Å²) in [6, 6.07) is 9.18. The predicted octanol–water partition coefficient (Wildman–Crippen LogP) is 4.02. The van der Waals surface area contributed by atoms with Crippen molar-refractivity contribution in [2.24, 2.45) is 22.9 Å². The van der Waals surface area contributed by atoms with Crippen molar-refractivity contribution in [2.75, 3.05) is 34.2 Å². The average Bonchev–Trinajstić information content (AvgIpc) is 3.54. The lowest BCUT2D eigenvalue weighted by Crippen LogP contribution is -2.69. The number of carbonyl (C=O) groups excluding carboxylic acids is 1. The third kappa shape index (κ3) is 6.33. The molecule has 47 heavy (non-hydrogen) atoms. The zero-order chi connectivity index (χ0) is 33.1. The largest absolute Gasteiger partial charge is 0.508 e. The molecule has 0 radical (unpaired) electrons. The fraction of sp³-hybridized carbons (Fsp3) is 0.543. The minimum absolute atomic E-state index is 0.0256. The Kier molecular flexibility index (Phi) is 9.81. The summed E-state index contributed by atoms with van der Waals surface area (Å²) in [6.07, 6.45) is 6.86. The number of carbonyl (C=O) groups is 1. The molecule has 12 heteroatoms. The van der Waals surface area contributed by atoms with E-state index in [0.29, 0.717) is 35.8 Å². The van der Waals surface area contributed by atoms with Crippen molar-refractivity contribution in [1.29, 1.82) is 0 Å². The van der Waals surface area contributed by atoms with Gasteiger partial charge in [-0.3, -0.25) is 0 Å². The summed E-state index contributed by atoms with van der Waals surface area (Å²) in [6.45, 7) is 0.579. The molecule has 2 aliphatic carbocycles. The van der Waals surface area contributed by atoms with Crippen LogP contribution in [0.3, 0.4) is 0 Å². The molecule has 12 nitrogen and oxygen atoms in total. The average molecular weight is 652 g/mol. The van der Waals surface area contributed by atoms with E-state index in [1.165, 1.54) is 12.0 Å². The Bertz CT molecular complexity index is 1510. The zero-order valence-electron chi connectivity index (χ0n) is 26.9. The first-order valence-corrected chi connectivity index (χ1v) is 16.5. The molecular weight excluding hydrogens is 606 g/mol. The SMILES string of the molecule is CON=C1CC(N(C)C(=O)NCc2ccc3c(c2)OCO3)C2(O)Oc3ccc(O)cc3C3C(CCCCO)C(CCCCO)C=C1C32. The van der Waals surface area contributed by atoms with Crippen LogP contribution >= 0.6 is 0 Å². The number of aliphatic hydroxyl groups excluding tert-OH is 2. The maximum absolute atomic E-state index is 13.7. The maximum atomic E-state index is 13.7. The highest BCUT2D eigenvalue weighted by molar-refractivity contribution is 6.03. The molecule has 0 spiro atoms. The highest BCUT2D eigenvalue weighted by Crippen LogP contribution is 2.60. The normalized spacial score (nSPS) is 27.7. The first-order valence-electron chi connectivity index (χ1n) is 16.5. The van der Waals surface area contributed by atoms with Crippen LogP contribution < -0.4 is 19.5 Å². The van der Waals surface area contributed by atoms with Gasteiger partial charge in [-0.2, -0.15) is 0 Å². The molecule has 6 rings (SSSR count). The summed E-state index contributed by atoms with van der Waals surface area (Å²) in [5, 5.41) is 50.0. The second-order valence-corrected chi connectivity index (χ2v) is 12.9. The second kappa shape index (κ2) is 14.0. The summed E-state index contributed by atoms with van der Waals surface area (Å²) in [7, 11) is 3.12. The number of unbranched alkanes of at least 4 members (excludes halogenated alkanes) is 2. The Balaban J connectivity index is 1.37. The van der Waals surface area contributed by atoms with Crippen LogP contribution in [0.5, 0.6) is 23.0 Å². The van der Waals surface area contributed by atoms with Crippen molar-refractivity contribution in [3.8, 4) is 23.0 Å². The molecule has 0 saturated heterocycles. The topological polar surface area (TPSA) is 163 Å². The standard InChI is InChI=1S/C35H45N3O9/c1-38(34(42)36-19-21-9-11-29-30(15-21)46-20-45-29)31-18-27(37-44-2)25-16-22(7-3-5-13-39)24(8-4-6-14-40)32-26-17-23(41)10-12-28(26)47-35(31,43)33(25)32/h9-12,15-17,22,24,31-33,39-41,43H,3-8,13-14,18-20H2,1-2H3,(H,36,42). The molecule has 0 aromatic heterocycles. The molecular formula is C35H45N3O9. The summed E-state index contributed by atoms with van der Waals surface area (Å²) >= 11 is 0. The number of aromatic hydroxyl groups is 1. The lowest BCUT2D eigenvalue weighted by atomic mass is 9.55. The van der Waals surface area contributed by atoms with Gasteiger partial charge in [0.1, 0.15) is 24.7 Å². The lowest BCUT2D eigenvalue weighted by molar-refractivity contribution is -0.226. The van der Waals surface area contributed by atoms with E-state index in [2.05, 4.69) is 16.5 Å². The number of aliphatic hydroxyl groups is 3. The molecule has 2 amide bonds. The van der Waals surface area contributed by atoms with E-state index in [0.717, 1.165) is 42.4 Å². The van der Waals surface area contributed by atoms with Gasteiger partial charge in [0.2, 0.25) is 12.6 Å². The number of hydrogen-bond donors (Lipinski definition) is 5. The number of likely N-dealkylation sites (N-methyl/N-ethyl adjacent to an activating group) is 1. The second-order valence-electron chi connectivity index (χ2n) is 12.9. The predicted molar refractivity (Wildman–Crippen MR) is 172 cm³/mol. The number of ether oxygens (including phenoxy) is 3. The number of nitrogens with one attached hydrogen (secondary N) is 1. The molecule has 2 aromatic rings. The number of oxime groups is 1. The van der Waals surface area contributed by atoms with Crippen LogP contribution in [-0.2, 0) is 11.4 Å². The molecule has 0 bridgehead atoms. The van der Waals surface area contributed by atoms with Crippen molar-refractivity contribution < 1.29 is 44.3 Å². The summed E-state index contributed by atoms with van der Waals surface area (Å²) < 4.78 is 17.4. The number of phenols is 1. The number of fused-ring (bicyclic) bond motifs is 3. The van der Waals surface area contributed by atoms with E-state index < -0.39 is 23.8 Å². The molecule has 6 unspecified atom stereocenters. The highest BCUT2D eigenvalue weighted by atomic mass is 16.7. The number of hydrogen-bond acceptors (Lipinski definition) is 10. The van der Waals surface area contributed by atoms with Gasteiger partial charge in [0, 0.05) is 44.7 Å². The Hall–Kier alpha value is -4.00. The van der Waals surface area contributed by atoms with Gasteiger partial charge in [-0.15, -0.1) is 0 Å². The van der Waals surface area contributed by atoms with Crippen molar-refractivity contribution in [3.63, 3.8) is 0 Å². The summed E-state index contributed by atoms with van der Waals surface area (Å²) in [4.78, 5) is 20.5. The Morgan fingerprint density at radius 2 is 1.79 bits per heavy atom. The molecule has 5 N–H and O–H groups in total. The van der Waals surface area contributed by atoms with Crippen LogP contribution in [0.25, 0.3) is 0 Å². The minimum Gasteiger partial charge on any atom is -0.508 e. The summed E-state index contributed by atoms with van der Waals surface area (Å²) in [5.74, 6) is -0.801. The zero-order valence-corrected chi connectivity index (χ0v) is 26.9. The molecule has 6 atom stereocenters. The number of amides is 2. The van der Waals surface area contributed by atoms with Crippen LogP contribution in [-0.4, -0.2) is 83.1 Å². The van der Waals surface area contributed by atoms with Crippen molar-refractivity contribution in [1.82, 2.24) is 10.2 Å². The van der Waals surface area contributed by atoms with Crippen molar-refractivity contribution in [2.45, 2.75) is 69.2 Å². The van der Waals surface area contributed by atoms with Gasteiger partial charge in [0.25, 0.3) is 0 Å². The van der Waals surface area contributed by atoms with Crippen molar-refractivity contribution in [3.05, 3.63) is 59.2 Å². The molecule has 254 valence electrons. The Labute approximate surface area is 274 Å². The van der Waals surface area contributed by atoms with Crippen LogP contribution in [0, 0.1) is 17.8 Å². The first kappa shape index (κ1) is 32.9. The lowest BCUT2D eigenvalue weighted by Gasteiger charge is -2.58. The molecule has 2 heterocycles. The third-order valence-corrected chi connectivity index (χ3v) is 10.1. The van der Waals surface area contributed by atoms with Crippen LogP contribution in [0.4, 0.5) is 4.79 Å². The fourth-order valence-corrected chi connectivity index (χ4v) is 7.97. The van der Waals surface area contributed by atoms with Crippen LogP contribution in [0.15, 0.2) is 53.2 Å². The monoisotopic (exact) mass is 651 g/mol. The molecule has 4 aliphatic rings. The smallest absolute Gasteiger partial charge is 0.317 e. The fourth-order valence-electron chi connectivity index (χ4n) is 7.97. The van der Waals surface area contributed by atoms with Gasteiger partial charge < -0.3 is 49.7 Å². The molecule has 2 aromatic carbocycles. The van der Waals surface area contributed by atoms with Crippen LogP contribution in [0.1, 0.15) is 62.0 Å². The molecule has 2 aliphatic heterocycles. The van der Waals surface area contributed by atoms with Gasteiger partial charge in [-0.1, -0.05) is 30.1 Å². The van der Waals surface area contributed by atoms with Gasteiger partial charge >= 0.3 is 6.03 Å². The van der Waals surface area contributed by atoms with Crippen LogP contribution in [0.2, 0.25) is 0 Å². The highest BCUT2D eigenvalue weighted by Gasteiger charge is 2.63.